The summed E-state index contributed by atoms with van der Waals surface area (Å²) in [4.78, 5) is 9.26. The lowest BCUT2D eigenvalue weighted by atomic mass is 10.6. The van der Waals surface area contributed by atoms with Gasteiger partial charge >= 0.3 is 0 Å². The smallest absolute Gasteiger partial charge is 0.208 e. The minimum Gasteiger partial charge on any atom is -0.262 e. The number of thioether (sulfide) groups is 1. The predicted octanol–water partition coefficient (Wildman–Crippen LogP) is 2.52. The molecule has 1 N–H and O–H groups in total. The van der Waals surface area contributed by atoms with Gasteiger partial charge in [-0.25, -0.2) is 9.97 Å². The van der Waals surface area contributed by atoms with E-state index >= 15 is 0 Å². The van der Waals surface area contributed by atoms with E-state index in [0.29, 0.717) is 4.47 Å². The molecule has 14 heavy (non-hydrogen) atoms. The molecule has 0 unspecified atom stereocenters. The second-order valence-electron chi connectivity index (χ2n) is 2.57. The van der Waals surface area contributed by atoms with Crippen molar-refractivity contribution in [2.75, 3.05) is 0 Å². The van der Waals surface area contributed by atoms with Gasteiger partial charge < -0.3 is 0 Å². The molecule has 0 atom stereocenters. The molecule has 7 heteroatoms. The molecule has 0 spiro atoms. The van der Waals surface area contributed by atoms with E-state index < -0.39 is 0 Å². The van der Waals surface area contributed by atoms with Gasteiger partial charge in [0.1, 0.15) is 5.82 Å². The van der Waals surface area contributed by atoms with E-state index in [-0.39, 0.29) is 0 Å². The van der Waals surface area contributed by atoms with Crippen LogP contribution in [0.25, 0.3) is 0 Å². The maximum Gasteiger partial charge on any atom is 0.208 e. The highest BCUT2D eigenvalue weighted by Crippen LogP contribution is 2.25. The molecule has 2 rings (SSSR count). The Morgan fingerprint density at radius 1 is 1.64 bits per heavy atom. The lowest BCUT2D eigenvalue weighted by Gasteiger charge is -1.90. The van der Waals surface area contributed by atoms with E-state index in [1.807, 2.05) is 6.92 Å². The van der Waals surface area contributed by atoms with Crippen molar-refractivity contribution in [3.05, 3.63) is 21.4 Å². The SMILES string of the molecule is Cc1nc(SCc2cnc(Cl)s2)n[nH]1. The van der Waals surface area contributed by atoms with Crippen LogP contribution < -0.4 is 0 Å². The fourth-order valence-corrected chi connectivity index (χ4v) is 2.72. The van der Waals surface area contributed by atoms with E-state index in [1.54, 1.807) is 18.0 Å². The third-order valence-corrected chi connectivity index (χ3v) is 3.64. The Morgan fingerprint density at radius 2 is 2.50 bits per heavy atom. The highest BCUT2D eigenvalue weighted by Gasteiger charge is 2.03. The molecule has 2 aromatic heterocycles. The van der Waals surface area contributed by atoms with E-state index in [1.165, 1.54) is 11.3 Å². The number of hydrogen-bond acceptors (Lipinski definition) is 5. The number of aromatic nitrogens is 4. The first-order chi connectivity index (χ1) is 6.74. The summed E-state index contributed by atoms with van der Waals surface area (Å²) >= 11 is 8.75. The topological polar surface area (TPSA) is 54.5 Å². The van der Waals surface area contributed by atoms with Crippen LogP contribution in [0.1, 0.15) is 10.7 Å². The van der Waals surface area contributed by atoms with Gasteiger partial charge in [0.2, 0.25) is 5.16 Å². The molecule has 74 valence electrons. The summed E-state index contributed by atoms with van der Waals surface area (Å²) < 4.78 is 0.576. The van der Waals surface area contributed by atoms with Crippen molar-refractivity contribution >= 4 is 34.7 Å². The van der Waals surface area contributed by atoms with E-state index in [9.17, 15) is 0 Å². The summed E-state index contributed by atoms with van der Waals surface area (Å²) in [6, 6.07) is 0. The number of rotatable bonds is 3. The number of thiazole rings is 1. The largest absolute Gasteiger partial charge is 0.262 e. The van der Waals surface area contributed by atoms with Gasteiger partial charge in [-0.2, -0.15) is 0 Å². The molecule has 0 radical (unpaired) electrons. The average molecular weight is 247 g/mol. The fraction of sp³-hybridized carbons (Fsp3) is 0.286. The number of H-pyrrole nitrogens is 1. The quantitative estimate of drug-likeness (QED) is 0.846. The molecular weight excluding hydrogens is 240 g/mol. The molecule has 4 nitrogen and oxygen atoms in total. The van der Waals surface area contributed by atoms with Gasteiger partial charge in [-0.3, -0.25) is 5.10 Å². The van der Waals surface area contributed by atoms with Gasteiger partial charge in [0, 0.05) is 16.8 Å². The minimum absolute atomic E-state index is 0.576. The molecule has 2 aromatic rings. The van der Waals surface area contributed by atoms with Crippen LogP contribution in [0.4, 0.5) is 0 Å². The number of aryl methyl sites for hydroxylation is 1. The second-order valence-corrected chi connectivity index (χ2v) is 5.21. The van der Waals surface area contributed by atoms with Crippen molar-refractivity contribution in [2.24, 2.45) is 0 Å². The van der Waals surface area contributed by atoms with Gasteiger partial charge in [0.15, 0.2) is 4.47 Å². The van der Waals surface area contributed by atoms with Crippen LogP contribution in [0.15, 0.2) is 11.4 Å². The van der Waals surface area contributed by atoms with E-state index in [4.69, 9.17) is 11.6 Å². The average Bonchev–Trinajstić information content (AvgIpc) is 2.72. The standard InChI is InChI=1S/C7H7ClN4S2/c1-4-10-7(12-11-4)13-3-5-2-9-6(8)14-5/h2H,3H2,1H3,(H,10,11,12). The first kappa shape index (κ1) is 9.95. The monoisotopic (exact) mass is 246 g/mol. The van der Waals surface area contributed by atoms with Crippen LogP contribution in [-0.2, 0) is 5.75 Å². The van der Waals surface area contributed by atoms with Gasteiger partial charge in [0.25, 0.3) is 0 Å². The van der Waals surface area contributed by atoms with Crippen molar-refractivity contribution in [3.8, 4) is 0 Å². The first-order valence-corrected chi connectivity index (χ1v) is 6.04. The minimum atomic E-state index is 0.576. The van der Waals surface area contributed by atoms with Crippen LogP contribution >= 0.6 is 34.7 Å². The van der Waals surface area contributed by atoms with Gasteiger partial charge in [-0.05, 0) is 6.92 Å². The fourth-order valence-electron chi connectivity index (χ4n) is 0.873. The molecule has 0 saturated carbocycles. The molecule has 2 heterocycles. The van der Waals surface area contributed by atoms with Gasteiger partial charge in [-0.15, -0.1) is 16.4 Å². The van der Waals surface area contributed by atoms with Gasteiger partial charge in [0.05, 0.1) is 0 Å². The molecule has 0 saturated heterocycles. The van der Waals surface area contributed by atoms with Crippen LogP contribution in [0, 0.1) is 6.92 Å². The Labute approximate surface area is 94.1 Å². The zero-order valence-electron chi connectivity index (χ0n) is 7.32. The third-order valence-electron chi connectivity index (χ3n) is 1.45. The van der Waals surface area contributed by atoms with Crippen molar-refractivity contribution in [1.82, 2.24) is 20.2 Å². The molecule has 0 aliphatic rings. The van der Waals surface area contributed by atoms with Gasteiger partial charge in [-0.1, -0.05) is 23.4 Å². The number of nitrogens with one attached hydrogen (secondary N) is 1. The summed E-state index contributed by atoms with van der Waals surface area (Å²) in [5.41, 5.74) is 0. The van der Waals surface area contributed by atoms with Crippen molar-refractivity contribution in [3.63, 3.8) is 0 Å². The number of halogens is 1. The Morgan fingerprint density at radius 3 is 3.07 bits per heavy atom. The summed E-state index contributed by atoms with van der Waals surface area (Å²) in [5, 5.41) is 7.56. The normalized spacial score (nSPS) is 10.7. The highest BCUT2D eigenvalue weighted by molar-refractivity contribution is 7.98. The summed E-state index contributed by atoms with van der Waals surface area (Å²) in [6.07, 6.45) is 1.78. The lowest BCUT2D eigenvalue weighted by Crippen LogP contribution is -1.77. The highest BCUT2D eigenvalue weighted by atomic mass is 35.5. The first-order valence-electron chi connectivity index (χ1n) is 3.86. The molecule has 0 fully saturated rings. The Hall–Kier alpha value is -0.590. The Kier molecular flexibility index (Phi) is 3.05. The van der Waals surface area contributed by atoms with Crippen LogP contribution in [-0.4, -0.2) is 20.2 Å². The predicted molar refractivity (Wildman–Crippen MR) is 57.8 cm³/mol. The molecule has 0 amide bonds. The van der Waals surface area contributed by atoms with Crippen molar-refractivity contribution in [1.29, 1.82) is 0 Å². The second kappa shape index (κ2) is 4.29. The molecule has 0 bridgehead atoms. The van der Waals surface area contributed by atoms with E-state index in [0.717, 1.165) is 21.6 Å². The van der Waals surface area contributed by atoms with Crippen molar-refractivity contribution < 1.29 is 0 Å². The molecule has 0 aliphatic heterocycles. The molecule has 0 aromatic carbocycles. The van der Waals surface area contributed by atoms with Crippen LogP contribution in [0.3, 0.4) is 0 Å². The zero-order valence-corrected chi connectivity index (χ0v) is 9.71. The molecular formula is C7H7ClN4S2. The Balaban J connectivity index is 1.94. The van der Waals surface area contributed by atoms with Crippen LogP contribution in [0.2, 0.25) is 4.47 Å². The van der Waals surface area contributed by atoms with Crippen LogP contribution in [0.5, 0.6) is 0 Å². The maximum absolute atomic E-state index is 5.71. The van der Waals surface area contributed by atoms with E-state index in [2.05, 4.69) is 20.2 Å². The third kappa shape index (κ3) is 2.46. The number of nitrogens with zero attached hydrogens (tertiary/aromatic N) is 3. The number of hydrogen-bond donors (Lipinski definition) is 1. The molecule has 0 aliphatic carbocycles. The zero-order chi connectivity index (χ0) is 9.97. The summed E-state index contributed by atoms with van der Waals surface area (Å²) in [6.45, 7) is 1.88. The lowest BCUT2D eigenvalue weighted by molar-refractivity contribution is 0.969. The summed E-state index contributed by atoms with van der Waals surface area (Å²) in [5.74, 6) is 1.64. The summed E-state index contributed by atoms with van der Waals surface area (Å²) in [7, 11) is 0. The maximum atomic E-state index is 5.71. The Bertz CT molecular complexity index is 385. The van der Waals surface area contributed by atoms with Crippen molar-refractivity contribution in [2.45, 2.75) is 17.8 Å². The number of aromatic amines is 1.